The molecule has 0 bridgehead atoms. The van der Waals surface area contributed by atoms with E-state index in [4.69, 9.17) is 9.40 Å². The topological polar surface area (TPSA) is 42.4 Å². The molecule has 108 heavy (non-hydrogen) atoms. The van der Waals surface area contributed by atoms with Crippen LogP contribution in [-0.4, -0.2) is 20.8 Å². The summed E-state index contributed by atoms with van der Waals surface area (Å²) in [6, 6.07) is 120. The van der Waals surface area contributed by atoms with Crippen molar-refractivity contribution in [2.45, 2.75) is 78.6 Å². The molecule has 0 unspecified atom stereocenters. The maximum absolute atomic E-state index is 6.79. The average Bonchev–Trinajstić information content (AvgIpc) is 0.976. The lowest BCUT2D eigenvalue weighted by molar-refractivity contribution is 0.590. The van der Waals surface area contributed by atoms with Gasteiger partial charge in [0.05, 0.1) is 50.2 Å². The van der Waals surface area contributed by atoms with Crippen molar-refractivity contribution in [1.82, 2.24) is 14.1 Å². The Morgan fingerprint density at radius 1 is 0.296 bits per heavy atom. The summed E-state index contributed by atoms with van der Waals surface area (Å²) in [5.74, 6) is 0.800. The lowest BCUT2D eigenvalue weighted by atomic mass is 9.33. The molecule has 18 aromatic rings. The van der Waals surface area contributed by atoms with Gasteiger partial charge in [0.15, 0.2) is 0 Å². The molecule has 6 heterocycles. The fraction of sp³-hybridized carbons (Fsp3) is 0.119. The number of furan rings is 1. The standard InChI is InChI=1S/C101H80BN5O/c1-99(2,3)70-35-27-34-66(54-70)69-57-91-97-92(58-69)106(85-41-24-20-37-75(85)65-32-17-12-18-33-65)90-50-45-68(56-82(90)102(97)81-55-67(63-28-13-10-14-29-63)44-49-89(81)105(91)84-40-23-19-36-74(84)64-30-15-11-16-31-64)83-61-73(104-87-51-46-71(100(4,5)6)59-79(87)80-60-72(101(7,8)9)47-52-88(80)104)62-95(103-83)107-86-42-25-21-38-76(86)77-48-53-94-96(98(77)107)78-39-22-26-43-93(78)108-94/h10-62H,1-9H3. The molecule has 0 N–H and O–H groups in total. The predicted molar refractivity (Wildman–Crippen MR) is 457 cm³/mol. The zero-order valence-corrected chi connectivity index (χ0v) is 62.3. The van der Waals surface area contributed by atoms with Crippen molar-refractivity contribution in [3.63, 3.8) is 0 Å². The number of nitrogens with zero attached hydrogens (tertiary/aromatic N) is 5. The van der Waals surface area contributed by atoms with E-state index in [9.17, 15) is 0 Å². The number of para-hydroxylation sites is 4. The Bertz CT molecular complexity index is 6610. The second kappa shape index (κ2) is 24.4. The third kappa shape index (κ3) is 10.4. The number of hydrogen-bond acceptors (Lipinski definition) is 4. The average molecular weight is 1390 g/mol. The van der Waals surface area contributed by atoms with E-state index in [1.165, 1.54) is 43.9 Å². The number of rotatable bonds is 9. The minimum absolute atomic E-state index is 0.0828. The van der Waals surface area contributed by atoms with Gasteiger partial charge in [-0.1, -0.05) is 287 Å². The molecule has 518 valence electrons. The smallest absolute Gasteiger partial charge is 0.252 e. The summed E-state index contributed by atoms with van der Waals surface area (Å²) in [7, 11) is 0. The van der Waals surface area contributed by atoms with Crippen LogP contribution < -0.4 is 26.2 Å². The summed E-state index contributed by atoms with van der Waals surface area (Å²) in [4.78, 5) is 11.3. The minimum Gasteiger partial charge on any atom is -0.456 e. The third-order valence-electron chi connectivity index (χ3n) is 22.9. The molecule has 0 fully saturated rings. The monoisotopic (exact) mass is 1390 g/mol. The van der Waals surface area contributed by atoms with E-state index in [1.807, 2.05) is 0 Å². The van der Waals surface area contributed by atoms with E-state index in [-0.39, 0.29) is 23.0 Å². The van der Waals surface area contributed by atoms with Crippen LogP contribution in [0.5, 0.6) is 0 Å². The molecule has 0 amide bonds. The number of anilines is 6. The summed E-state index contributed by atoms with van der Waals surface area (Å²) in [5, 5.41) is 6.85. The lowest BCUT2D eigenvalue weighted by Gasteiger charge is -2.45. The first-order valence-corrected chi connectivity index (χ1v) is 37.9. The summed E-state index contributed by atoms with van der Waals surface area (Å²) in [6.45, 7) is 20.6. The number of aromatic nitrogens is 3. The van der Waals surface area contributed by atoms with Gasteiger partial charge in [-0.2, -0.15) is 0 Å². The van der Waals surface area contributed by atoms with Crippen LogP contribution in [0, 0.1) is 0 Å². The lowest BCUT2D eigenvalue weighted by Crippen LogP contribution is -2.61. The molecule has 20 rings (SSSR count). The highest BCUT2D eigenvalue weighted by atomic mass is 16.3. The highest BCUT2D eigenvalue weighted by molar-refractivity contribution is 7.00. The molecular weight excluding hydrogens is 1310 g/mol. The Hall–Kier alpha value is -12.7. The van der Waals surface area contributed by atoms with E-state index in [0.29, 0.717) is 0 Å². The second-order valence-electron chi connectivity index (χ2n) is 32.7. The van der Waals surface area contributed by atoms with E-state index in [2.05, 4.69) is 403 Å². The van der Waals surface area contributed by atoms with Crippen molar-refractivity contribution in [3.05, 3.63) is 338 Å². The van der Waals surface area contributed by atoms with Crippen molar-refractivity contribution >= 4 is 123 Å². The minimum atomic E-state index is -0.284. The van der Waals surface area contributed by atoms with Crippen molar-refractivity contribution in [1.29, 1.82) is 0 Å². The number of pyridine rings is 1. The number of fused-ring (bicyclic) bond motifs is 14. The Morgan fingerprint density at radius 2 is 0.787 bits per heavy atom. The van der Waals surface area contributed by atoms with Crippen LogP contribution in [0.25, 0.3) is 133 Å². The Balaban J connectivity index is 0.918. The first kappa shape index (κ1) is 64.9. The molecule has 6 nitrogen and oxygen atoms in total. The van der Waals surface area contributed by atoms with Crippen LogP contribution in [0.1, 0.15) is 79.0 Å². The zero-order chi connectivity index (χ0) is 73.1. The highest BCUT2D eigenvalue weighted by Gasteiger charge is 2.45. The fourth-order valence-corrected chi connectivity index (χ4v) is 17.5. The largest absolute Gasteiger partial charge is 0.456 e. The summed E-state index contributed by atoms with van der Waals surface area (Å²) in [6.07, 6.45) is 0. The zero-order valence-electron chi connectivity index (χ0n) is 62.3. The molecule has 7 heteroatoms. The Labute approximate surface area is 631 Å². The van der Waals surface area contributed by atoms with Gasteiger partial charge in [-0.15, -0.1) is 0 Å². The molecule has 0 atom stereocenters. The number of benzene rings is 14. The quantitative estimate of drug-likeness (QED) is 0.135. The van der Waals surface area contributed by atoms with Crippen LogP contribution in [0.3, 0.4) is 0 Å². The molecule has 0 spiro atoms. The van der Waals surface area contributed by atoms with Crippen LogP contribution in [-0.2, 0) is 16.2 Å². The van der Waals surface area contributed by atoms with E-state index < -0.39 is 0 Å². The first-order chi connectivity index (χ1) is 52.5. The van der Waals surface area contributed by atoms with Gasteiger partial charge >= 0.3 is 0 Å². The van der Waals surface area contributed by atoms with Crippen molar-refractivity contribution < 1.29 is 4.42 Å². The Kier molecular flexibility index (Phi) is 14.7. The molecule has 0 saturated carbocycles. The maximum atomic E-state index is 6.79. The van der Waals surface area contributed by atoms with Gasteiger partial charge in [0.2, 0.25) is 0 Å². The fourth-order valence-electron chi connectivity index (χ4n) is 17.5. The van der Waals surface area contributed by atoms with E-state index >= 15 is 0 Å². The van der Waals surface area contributed by atoms with Crippen molar-refractivity contribution in [2.24, 2.45) is 0 Å². The second-order valence-corrected chi connectivity index (χ2v) is 32.7. The van der Waals surface area contributed by atoms with Gasteiger partial charge in [0, 0.05) is 66.9 Å². The van der Waals surface area contributed by atoms with Crippen LogP contribution in [0.4, 0.5) is 34.1 Å². The molecule has 14 aromatic carbocycles. The summed E-state index contributed by atoms with van der Waals surface area (Å²) < 4.78 is 11.7. The summed E-state index contributed by atoms with van der Waals surface area (Å²) in [5.41, 5.74) is 32.0. The predicted octanol–water partition coefficient (Wildman–Crippen LogP) is 25.5. The molecule has 0 aliphatic carbocycles. The van der Waals surface area contributed by atoms with Gasteiger partial charge in [0.1, 0.15) is 17.0 Å². The van der Waals surface area contributed by atoms with Crippen LogP contribution in [0.2, 0.25) is 0 Å². The number of hydrogen-bond donors (Lipinski definition) is 0. The third-order valence-corrected chi connectivity index (χ3v) is 22.9. The van der Waals surface area contributed by atoms with E-state index in [0.717, 1.165) is 156 Å². The Morgan fingerprint density at radius 3 is 1.39 bits per heavy atom. The van der Waals surface area contributed by atoms with Crippen molar-refractivity contribution in [2.75, 3.05) is 9.80 Å². The van der Waals surface area contributed by atoms with E-state index in [1.54, 1.807) is 0 Å². The maximum Gasteiger partial charge on any atom is 0.252 e. The molecular formula is C101H80BN5O. The SMILES string of the molecule is CC(C)(C)c1cccc(-c2cc3c4c(c2)N(c2ccccc2-c2ccccc2)c2ccc(-c5cc(-n6c7ccc(C(C)(C)C)cc7c7cc(C(C)(C)C)ccc76)cc(-n6c7ccccc7c7ccc8oc9ccccc9c8c76)n5)cc2B4c2cc(-c4ccccc4)ccc2N3c2ccccc2-c2ccccc2)c1. The highest BCUT2D eigenvalue weighted by Crippen LogP contribution is 2.52. The normalized spacial score (nSPS) is 13.0. The molecule has 4 aromatic heterocycles. The van der Waals surface area contributed by atoms with Crippen LogP contribution >= 0.6 is 0 Å². The van der Waals surface area contributed by atoms with Gasteiger partial charge in [-0.05, 0) is 179 Å². The molecule has 0 saturated heterocycles. The molecule has 2 aliphatic heterocycles. The first-order valence-electron chi connectivity index (χ1n) is 37.9. The van der Waals surface area contributed by atoms with Gasteiger partial charge in [0.25, 0.3) is 6.71 Å². The van der Waals surface area contributed by atoms with Gasteiger partial charge < -0.3 is 18.8 Å². The molecule has 0 radical (unpaired) electrons. The summed E-state index contributed by atoms with van der Waals surface area (Å²) >= 11 is 0. The van der Waals surface area contributed by atoms with Crippen LogP contribution in [0.15, 0.2) is 326 Å². The molecule has 2 aliphatic rings. The van der Waals surface area contributed by atoms with Gasteiger partial charge in [-0.3, -0.25) is 4.57 Å². The van der Waals surface area contributed by atoms with Gasteiger partial charge in [-0.25, -0.2) is 4.98 Å². The van der Waals surface area contributed by atoms with Crippen molar-refractivity contribution in [3.8, 4) is 67.3 Å².